The maximum absolute atomic E-state index is 13.4. The number of amides is 1. The van der Waals surface area contributed by atoms with Crippen molar-refractivity contribution in [3.63, 3.8) is 0 Å². The largest absolute Gasteiger partial charge is 0.435 e. The summed E-state index contributed by atoms with van der Waals surface area (Å²) in [5, 5.41) is 2.68. The monoisotopic (exact) mass is 323 g/mol. The van der Waals surface area contributed by atoms with Crippen molar-refractivity contribution in [1.82, 2.24) is 5.32 Å². The van der Waals surface area contributed by atoms with Gasteiger partial charge in [-0.2, -0.15) is 8.78 Å². The van der Waals surface area contributed by atoms with E-state index in [0.29, 0.717) is 18.5 Å². The van der Waals surface area contributed by atoms with Gasteiger partial charge in [0.25, 0.3) is 5.91 Å². The molecular weight excluding hydrogens is 307 g/mol. The van der Waals surface area contributed by atoms with Crippen LogP contribution in [0.1, 0.15) is 21.5 Å². The third-order valence-electron chi connectivity index (χ3n) is 3.28. The van der Waals surface area contributed by atoms with Crippen molar-refractivity contribution < 1.29 is 22.7 Å². The third-order valence-corrected chi connectivity index (χ3v) is 3.28. The Bertz CT molecular complexity index is 672. The Hall–Kier alpha value is -2.50. The Kier molecular flexibility index (Phi) is 5.62. The highest BCUT2D eigenvalue weighted by Crippen LogP contribution is 2.15. The van der Waals surface area contributed by atoms with Crippen LogP contribution in [-0.4, -0.2) is 19.1 Å². The van der Waals surface area contributed by atoms with Crippen LogP contribution in [0.2, 0.25) is 0 Å². The minimum Gasteiger partial charge on any atom is -0.435 e. The summed E-state index contributed by atoms with van der Waals surface area (Å²) in [6.45, 7) is -0.878. The number of aryl methyl sites for hydroxylation is 1. The van der Waals surface area contributed by atoms with Gasteiger partial charge in [0.05, 0.1) is 0 Å². The summed E-state index contributed by atoms with van der Waals surface area (Å²) in [4.78, 5) is 11.9. The Morgan fingerprint density at radius 2 is 1.87 bits per heavy atom. The maximum Gasteiger partial charge on any atom is 0.387 e. The number of rotatable bonds is 6. The molecule has 0 aliphatic rings. The van der Waals surface area contributed by atoms with E-state index in [9.17, 15) is 18.0 Å². The predicted molar refractivity (Wildman–Crippen MR) is 80.2 cm³/mol. The van der Waals surface area contributed by atoms with Crippen molar-refractivity contribution in [1.29, 1.82) is 0 Å². The van der Waals surface area contributed by atoms with Crippen molar-refractivity contribution in [2.24, 2.45) is 0 Å². The van der Waals surface area contributed by atoms with Crippen LogP contribution < -0.4 is 10.1 Å². The zero-order chi connectivity index (χ0) is 16.8. The molecule has 1 amide bonds. The van der Waals surface area contributed by atoms with E-state index in [0.717, 1.165) is 5.56 Å². The smallest absolute Gasteiger partial charge is 0.387 e. The van der Waals surface area contributed by atoms with Gasteiger partial charge in [-0.1, -0.05) is 18.2 Å². The Morgan fingerprint density at radius 3 is 2.48 bits per heavy atom. The zero-order valence-electron chi connectivity index (χ0n) is 12.5. The van der Waals surface area contributed by atoms with Gasteiger partial charge < -0.3 is 10.1 Å². The van der Waals surface area contributed by atoms with E-state index >= 15 is 0 Å². The number of halogens is 3. The highest BCUT2D eigenvalue weighted by Gasteiger charge is 2.08. The quantitative estimate of drug-likeness (QED) is 0.880. The molecule has 2 aromatic rings. The van der Waals surface area contributed by atoms with Gasteiger partial charge in [-0.25, -0.2) is 4.39 Å². The molecule has 0 saturated carbocycles. The fourth-order valence-electron chi connectivity index (χ4n) is 1.99. The Labute approximate surface area is 132 Å². The molecular formula is C17H16F3NO2. The highest BCUT2D eigenvalue weighted by atomic mass is 19.3. The Morgan fingerprint density at radius 1 is 1.17 bits per heavy atom. The topological polar surface area (TPSA) is 38.3 Å². The molecule has 23 heavy (non-hydrogen) atoms. The molecule has 0 heterocycles. The van der Waals surface area contributed by atoms with E-state index in [-0.39, 0.29) is 17.2 Å². The first kappa shape index (κ1) is 16.9. The van der Waals surface area contributed by atoms with Crippen molar-refractivity contribution in [2.45, 2.75) is 20.0 Å². The number of alkyl halides is 2. The molecule has 122 valence electrons. The fraction of sp³-hybridized carbons (Fsp3) is 0.235. The predicted octanol–water partition coefficient (Wildman–Crippen LogP) is 3.71. The number of hydrogen-bond acceptors (Lipinski definition) is 2. The van der Waals surface area contributed by atoms with Gasteiger partial charge in [0.2, 0.25) is 0 Å². The highest BCUT2D eigenvalue weighted by molar-refractivity contribution is 5.94. The summed E-state index contributed by atoms with van der Waals surface area (Å²) in [5.41, 5.74) is 1.60. The number of ether oxygens (including phenoxy) is 1. The van der Waals surface area contributed by atoms with E-state index < -0.39 is 12.4 Å². The fourth-order valence-corrected chi connectivity index (χ4v) is 1.99. The molecule has 0 saturated heterocycles. The number of benzene rings is 2. The standard InChI is InChI=1S/C17H16F3NO2/c1-11-2-5-13(10-15(11)18)16(22)21-9-8-12-3-6-14(7-4-12)23-17(19)20/h2-7,10,17H,8-9H2,1H3,(H,21,22). The molecule has 1 N–H and O–H groups in total. The van der Waals surface area contributed by atoms with Crippen LogP contribution in [0.4, 0.5) is 13.2 Å². The molecule has 3 nitrogen and oxygen atoms in total. The zero-order valence-corrected chi connectivity index (χ0v) is 12.5. The summed E-state index contributed by atoms with van der Waals surface area (Å²) in [7, 11) is 0. The molecule has 0 fully saturated rings. The molecule has 0 aliphatic heterocycles. The molecule has 0 spiro atoms. The van der Waals surface area contributed by atoms with Crippen molar-refractivity contribution in [3.8, 4) is 5.75 Å². The van der Waals surface area contributed by atoms with Crippen LogP contribution in [0.15, 0.2) is 42.5 Å². The average Bonchev–Trinajstić information content (AvgIpc) is 2.51. The van der Waals surface area contributed by atoms with Crippen LogP contribution in [0.25, 0.3) is 0 Å². The second-order valence-corrected chi connectivity index (χ2v) is 4.99. The lowest BCUT2D eigenvalue weighted by Gasteiger charge is -2.08. The van der Waals surface area contributed by atoms with Crippen LogP contribution in [-0.2, 0) is 6.42 Å². The first-order chi connectivity index (χ1) is 11.0. The van der Waals surface area contributed by atoms with E-state index in [1.54, 1.807) is 31.2 Å². The molecule has 0 radical (unpaired) electrons. The molecule has 0 aromatic heterocycles. The lowest BCUT2D eigenvalue weighted by Crippen LogP contribution is -2.25. The SMILES string of the molecule is Cc1ccc(C(=O)NCCc2ccc(OC(F)F)cc2)cc1F. The summed E-state index contributed by atoms with van der Waals surface area (Å²) >= 11 is 0. The van der Waals surface area contributed by atoms with E-state index in [1.165, 1.54) is 18.2 Å². The molecule has 0 unspecified atom stereocenters. The van der Waals surface area contributed by atoms with Crippen LogP contribution in [0, 0.1) is 12.7 Å². The third kappa shape index (κ3) is 5.02. The first-order valence-corrected chi connectivity index (χ1v) is 7.04. The van der Waals surface area contributed by atoms with Gasteiger partial charge in [0.15, 0.2) is 0 Å². The first-order valence-electron chi connectivity index (χ1n) is 7.04. The molecule has 2 aromatic carbocycles. The lowest BCUT2D eigenvalue weighted by atomic mass is 10.1. The van der Waals surface area contributed by atoms with Gasteiger partial charge in [-0.15, -0.1) is 0 Å². The molecule has 2 rings (SSSR count). The minimum atomic E-state index is -2.85. The second-order valence-electron chi connectivity index (χ2n) is 4.99. The molecule has 0 bridgehead atoms. The van der Waals surface area contributed by atoms with E-state index in [2.05, 4.69) is 10.1 Å². The van der Waals surface area contributed by atoms with Crippen molar-refractivity contribution >= 4 is 5.91 Å². The van der Waals surface area contributed by atoms with E-state index in [1.807, 2.05) is 0 Å². The van der Waals surface area contributed by atoms with Crippen molar-refractivity contribution in [3.05, 3.63) is 65.0 Å². The molecule has 0 aliphatic carbocycles. The lowest BCUT2D eigenvalue weighted by molar-refractivity contribution is -0.0498. The average molecular weight is 323 g/mol. The number of hydrogen-bond donors (Lipinski definition) is 1. The summed E-state index contributed by atoms with van der Waals surface area (Å²) in [6.07, 6.45) is 0.523. The van der Waals surface area contributed by atoms with Crippen molar-refractivity contribution in [2.75, 3.05) is 6.54 Å². The normalized spacial score (nSPS) is 10.7. The van der Waals surface area contributed by atoms with Crippen LogP contribution >= 0.6 is 0 Å². The number of carbonyl (C=O) groups excluding carboxylic acids is 1. The summed E-state index contributed by atoms with van der Waals surface area (Å²) in [5.74, 6) is -0.697. The van der Waals surface area contributed by atoms with Gasteiger partial charge in [0, 0.05) is 12.1 Å². The Balaban J connectivity index is 1.84. The van der Waals surface area contributed by atoms with Gasteiger partial charge in [-0.3, -0.25) is 4.79 Å². The number of nitrogens with one attached hydrogen (secondary N) is 1. The van der Waals surface area contributed by atoms with Gasteiger partial charge in [0.1, 0.15) is 11.6 Å². The van der Waals surface area contributed by atoms with E-state index in [4.69, 9.17) is 0 Å². The molecule has 6 heteroatoms. The number of carbonyl (C=O) groups is 1. The summed E-state index contributed by atoms with van der Waals surface area (Å²) in [6, 6.07) is 10.5. The van der Waals surface area contributed by atoms with Gasteiger partial charge >= 0.3 is 6.61 Å². The second kappa shape index (κ2) is 7.67. The minimum absolute atomic E-state index is 0.0860. The van der Waals surface area contributed by atoms with Crippen LogP contribution in [0.3, 0.4) is 0 Å². The summed E-state index contributed by atoms with van der Waals surface area (Å²) < 4.78 is 41.7. The maximum atomic E-state index is 13.4. The van der Waals surface area contributed by atoms with Gasteiger partial charge in [-0.05, 0) is 48.7 Å². The van der Waals surface area contributed by atoms with Crippen LogP contribution in [0.5, 0.6) is 5.75 Å². The molecule has 0 atom stereocenters.